The Kier molecular flexibility index (Phi) is 4.89. The predicted octanol–water partition coefficient (Wildman–Crippen LogP) is 3.31. The van der Waals surface area contributed by atoms with E-state index in [2.05, 4.69) is 4.72 Å². The van der Waals surface area contributed by atoms with Gasteiger partial charge in [0.2, 0.25) is 10.0 Å². The van der Waals surface area contributed by atoms with Crippen LogP contribution in [0.4, 0.5) is 5.69 Å². The molecule has 1 N–H and O–H groups in total. The second-order valence-electron chi connectivity index (χ2n) is 7.61. The van der Waals surface area contributed by atoms with Gasteiger partial charge in [0.15, 0.2) is 0 Å². The van der Waals surface area contributed by atoms with Gasteiger partial charge in [0.1, 0.15) is 5.56 Å². The van der Waals surface area contributed by atoms with E-state index >= 15 is 0 Å². The summed E-state index contributed by atoms with van der Waals surface area (Å²) < 4.78 is 31.6. The number of benzene rings is 1. The molecule has 8 heteroatoms. The minimum atomic E-state index is -3.34. The first kappa shape index (κ1) is 20.2. The van der Waals surface area contributed by atoms with Crippen molar-refractivity contribution in [3.63, 3.8) is 0 Å². The van der Waals surface area contributed by atoms with Crippen molar-refractivity contribution in [1.82, 2.24) is 4.40 Å². The van der Waals surface area contributed by atoms with Gasteiger partial charge in [-0.25, -0.2) is 13.2 Å². The van der Waals surface area contributed by atoms with Gasteiger partial charge in [-0.15, -0.1) is 0 Å². The molecular weight excluding hydrogens is 404 g/mol. The highest BCUT2D eigenvalue weighted by molar-refractivity contribution is 7.92. The number of ether oxygens (including phenoxy) is 1. The quantitative estimate of drug-likeness (QED) is 0.632. The second-order valence-corrected chi connectivity index (χ2v) is 9.36. The third-order valence-electron chi connectivity index (χ3n) is 5.33. The van der Waals surface area contributed by atoms with Crippen molar-refractivity contribution in [2.75, 3.05) is 18.1 Å². The van der Waals surface area contributed by atoms with Crippen molar-refractivity contribution in [3.8, 4) is 11.1 Å². The first-order chi connectivity index (χ1) is 14.2. The van der Waals surface area contributed by atoms with Gasteiger partial charge in [0.05, 0.1) is 18.9 Å². The predicted molar refractivity (Wildman–Crippen MR) is 116 cm³/mol. The lowest BCUT2D eigenvalue weighted by Gasteiger charge is -2.16. The topological polar surface area (TPSA) is 93.9 Å². The standard InChI is InChI=1S/C22H22N2O5S/c1-13-17(14-6-8-16(9-7-14)23-30(3,27)28)10-11-24-20(13)18(15-4-5-15)12-19(21(24)25)22(26)29-2/h6-12,15,23H,4-5H2,1-3H3. The number of methoxy groups -OCH3 is 1. The van der Waals surface area contributed by atoms with Gasteiger partial charge in [0.25, 0.3) is 5.56 Å². The maximum Gasteiger partial charge on any atom is 0.343 e. The molecule has 0 amide bonds. The first-order valence-electron chi connectivity index (χ1n) is 9.55. The van der Waals surface area contributed by atoms with Crippen molar-refractivity contribution < 1.29 is 17.9 Å². The summed E-state index contributed by atoms with van der Waals surface area (Å²) in [7, 11) is -2.08. The zero-order chi connectivity index (χ0) is 21.6. The van der Waals surface area contributed by atoms with Crippen LogP contribution in [0, 0.1) is 6.92 Å². The van der Waals surface area contributed by atoms with Crippen LogP contribution in [0.3, 0.4) is 0 Å². The molecule has 1 aromatic carbocycles. The molecule has 30 heavy (non-hydrogen) atoms. The Morgan fingerprint density at radius 3 is 2.40 bits per heavy atom. The molecule has 0 bridgehead atoms. The van der Waals surface area contributed by atoms with Crippen LogP contribution in [0.5, 0.6) is 0 Å². The van der Waals surface area contributed by atoms with E-state index in [1.165, 1.54) is 11.5 Å². The van der Waals surface area contributed by atoms with Crippen molar-refractivity contribution in [2.45, 2.75) is 25.7 Å². The number of hydrogen-bond donors (Lipinski definition) is 1. The molecule has 3 aromatic rings. The highest BCUT2D eigenvalue weighted by atomic mass is 32.2. The van der Waals surface area contributed by atoms with Crippen LogP contribution >= 0.6 is 0 Å². The van der Waals surface area contributed by atoms with E-state index in [-0.39, 0.29) is 5.56 Å². The van der Waals surface area contributed by atoms with Crippen LogP contribution in [-0.4, -0.2) is 32.2 Å². The lowest BCUT2D eigenvalue weighted by Crippen LogP contribution is -2.24. The Bertz CT molecular complexity index is 1320. The Balaban J connectivity index is 1.88. The molecule has 2 heterocycles. The second kappa shape index (κ2) is 7.28. The fourth-order valence-corrected chi connectivity index (χ4v) is 4.37. The number of rotatable bonds is 5. The number of nitrogens with one attached hydrogen (secondary N) is 1. The fourth-order valence-electron chi connectivity index (χ4n) is 3.80. The van der Waals surface area contributed by atoms with Crippen molar-refractivity contribution in [2.24, 2.45) is 0 Å². The molecule has 0 spiro atoms. The number of aromatic nitrogens is 1. The SMILES string of the molecule is COC(=O)c1cc(C2CC2)c2c(C)c(-c3ccc(NS(C)(=O)=O)cc3)ccn2c1=O. The van der Waals surface area contributed by atoms with E-state index in [1.54, 1.807) is 24.4 Å². The van der Waals surface area contributed by atoms with Gasteiger partial charge in [-0.05, 0) is 72.2 Å². The zero-order valence-corrected chi connectivity index (χ0v) is 17.7. The van der Waals surface area contributed by atoms with Gasteiger partial charge in [0, 0.05) is 11.9 Å². The molecule has 156 valence electrons. The molecule has 1 fully saturated rings. The molecule has 2 aromatic heterocycles. The van der Waals surface area contributed by atoms with E-state index in [4.69, 9.17) is 4.74 Å². The molecule has 0 unspecified atom stereocenters. The number of hydrogen-bond acceptors (Lipinski definition) is 5. The number of esters is 1. The first-order valence-corrected chi connectivity index (χ1v) is 11.4. The average molecular weight is 426 g/mol. The Hall–Kier alpha value is -3.13. The van der Waals surface area contributed by atoms with Gasteiger partial charge in [-0.1, -0.05) is 12.1 Å². The van der Waals surface area contributed by atoms with Crippen molar-refractivity contribution in [3.05, 3.63) is 69.6 Å². The third-order valence-corrected chi connectivity index (χ3v) is 5.94. The number of carbonyl (C=O) groups excluding carboxylic acids is 1. The zero-order valence-electron chi connectivity index (χ0n) is 16.9. The third kappa shape index (κ3) is 3.70. The summed E-state index contributed by atoms with van der Waals surface area (Å²) in [5.74, 6) is -0.314. The number of carbonyl (C=O) groups is 1. The van der Waals surface area contributed by atoms with Gasteiger partial charge in [-0.3, -0.25) is 13.9 Å². The van der Waals surface area contributed by atoms with E-state index in [9.17, 15) is 18.0 Å². The maximum atomic E-state index is 12.9. The number of anilines is 1. The highest BCUT2D eigenvalue weighted by Gasteiger charge is 2.29. The summed E-state index contributed by atoms with van der Waals surface area (Å²) in [5, 5.41) is 0. The average Bonchev–Trinajstić information content (AvgIpc) is 3.53. The molecule has 1 aliphatic rings. The highest BCUT2D eigenvalue weighted by Crippen LogP contribution is 2.43. The molecule has 0 aliphatic heterocycles. The van der Waals surface area contributed by atoms with E-state index in [1.807, 2.05) is 25.1 Å². The molecule has 0 saturated heterocycles. The van der Waals surface area contributed by atoms with Crippen LogP contribution in [0.15, 0.2) is 47.4 Å². The lowest BCUT2D eigenvalue weighted by atomic mass is 9.96. The summed E-state index contributed by atoms with van der Waals surface area (Å²) in [6.07, 6.45) is 4.82. The summed E-state index contributed by atoms with van der Waals surface area (Å²) in [6.45, 7) is 1.95. The Morgan fingerprint density at radius 1 is 1.17 bits per heavy atom. The van der Waals surface area contributed by atoms with Gasteiger partial charge < -0.3 is 4.74 Å². The van der Waals surface area contributed by atoms with Gasteiger partial charge in [-0.2, -0.15) is 0 Å². The minimum absolute atomic E-state index is 0.0419. The Morgan fingerprint density at radius 2 is 1.83 bits per heavy atom. The smallest absolute Gasteiger partial charge is 0.343 e. The molecule has 0 atom stereocenters. The monoisotopic (exact) mass is 426 g/mol. The molecule has 7 nitrogen and oxygen atoms in total. The van der Waals surface area contributed by atoms with Crippen LogP contribution in [0.1, 0.15) is 40.2 Å². The number of nitrogens with zero attached hydrogens (tertiary/aromatic N) is 1. The van der Waals surface area contributed by atoms with Gasteiger partial charge >= 0.3 is 5.97 Å². The van der Waals surface area contributed by atoms with Crippen LogP contribution in [-0.2, 0) is 14.8 Å². The molecule has 0 radical (unpaired) electrons. The maximum absolute atomic E-state index is 12.9. The number of pyridine rings is 2. The van der Waals surface area contributed by atoms with Crippen LogP contribution < -0.4 is 10.3 Å². The summed E-state index contributed by atoms with van der Waals surface area (Å²) in [6, 6.07) is 10.6. The largest absolute Gasteiger partial charge is 0.465 e. The van der Waals surface area contributed by atoms with Crippen LogP contribution in [0.2, 0.25) is 0 Å². The minimum Gasteiger partial charge on any atom is -0.465 e. The lowest BCUT2D eigenvalue weighted by molar-refractivity contribution is 0.0598. The number of fused-ring (bicyclic) bond motifs is 1. The fraction of sp³-hybridized carbons (Fsp3) is 0.273. The van der Waals surface area contributed by atoms with E-state index in [0.717, 1.165) is 46.9 Å². The Labute approximate surface area is 174 Å². The van der Waals surface area contributed by atoms with Crippen LogP contribution in [0.25, 0.3) is 16.6 Å². The normalized spacial score (nSPS) is 14.0. The molecule has 4 rings (SSSR count). The summed E-state index contributed by atoms with van der Waals surface area (Å²) in [4.78, 5) is 25.0. The van der Waals surface area contributed by atoms with E-state index in [0.29, 0.717) is 11.6 Å². The van der Waals surface area contributed by atoms with Crippen molar-refractivity contribution in [1.29, 1.82) is 0 Å². The van der Waals surface area contributed by atoms with Crippen molar-refractivity contribution >= 4 is 27.2 Å². The number of aryl methyl sites for hydroxylation is 1. The number of sulfonamides is 1. The summed E-state index contributed by atoms with van der Waals surface area (Å²) in [5.41, 5.74) is 4.68. The molecular formula is C22H22N2O5S. The molecule has 1 aliphatic carbocycles. The van der Waals surface area contributed by atoms with E-state index < -0.39 is 21.6 Å². The molecule has 1 saturated carbocycles. The summed E-state index contributed by atoms with van der Waals surface area (Å²) >= 11 is 0.